The second-order valence-electron chi connectivity index (χ2n) is 9.23. The van der Waals surface area contributed by atoms with Gasteiger partial charge in [0.2, 0.25) is 0 Å². The summed E-state index contributed by atoms with van der Waals surface area (Å²) in [6.45, 7) is 3.14. The van der Waals surface area contributed by atoms with Crippen LogP contribution in [0.1, 0.15) is 26.7 Å². The molecule has 1 aromatic carbocycles. The van der Waals surface area contributed by atoms with Crippen molar-refractivity contribution in [2.45, 2.75) is 5.25 Å². The molecule has 1 atom stereocenters. The van der Waals surface area contributed by atoms with E-state index in [1.54, 1.807) is 18.6 Å². The van der Waals surface area contributed by atoms with Gasteiger partial charge in [0.1, 0.15) is 11.5 Å². The number of ether oxygens (including phenoxy) is 1. The summed E-state index contributed by atoms with van der Waals surface area (Å²) in [5.74, 6) is 1.88. The Kier molecular flexibility index (Phi) is 7.06. The van der Waals surface area contributed by atoms with Crippen LogP contribution in [-0.2, 0) is 11.8 Å². The number of halogens is 1. The summed E-state index contributed by atoms with van der Waals surface area (Å²) < 4.78 is 7.27. The van der Waals surface area contributed by atoms with Crippen LogP contribution in [0.25, 0.3) is 22.5 Å². The highest BCUT2D eigenvalue weighted by Crippen LogP contribution is 2.47. The monoisotopic (exact) mass is 546 g/mol. The Morgan fingerprint density at radius 1 is 1.13 bits per heavy atom. The number of amides is 1. The van der Waals surface area contributed by atoms with Crippen LogP contribution in [0.2, 0.25) is 5.02 Å². The van der Waals surface area contributed by atoms with Crippen LogP contribution < -0.4 is 5.32 Å². The molecule has 0 bridgehead atoms. The van der Waals surface area contributed by atoms with Crippen LogP contribution in [0.5, 0.6) is 0 Å². The Morgan fingerprint density at radius 2 is 2.00 bits per heavy atom. The number of anilines is 1. The lowest BCUT2D eigenvalue weighted by Gasteiger charge is -2.26. The van der Waals surface area contributed by atoms with E-state index in [0.717, 1.165) is 51.8 Å². The summed E-state index contributed by atoms with van der Waals surface area (Å²) >= 11 is 8.81. The predicted molar refractivity (Wildman–Crippen MR) is 151 cm³/mol. The number of rotatable bonds is 4. The molecule has 194 valence electrons. The first-order chi connectivity index (χ1) is 18.6. The third kappa shape index (κ3) is 4.77. The van der Waals surface area contributed by atoms with Gasteiger partial charge in [-0.1, -0.05) is 29.8 Å². The molecule has 1 fully saturated rings. The lowest BCUT2D eigenvalue weighted by atomic mass is 9.98. The number of hydrogen-bond acceptors (Lipinski definition) is 7. The number of nitrogens with zero attached hydrogens (tertiary/aromatic N) is 5. The van der Waals surface area contributed by atoms with Crippen molar-refractivity contribution in [3.8, 4) is 22.5 Å². The zero-order valence-corrected chi connectivity index (χ0v) is 22.5. The molecule has 1 saturated heterocycles. The molecule has 5 heterocycles. The van der Waals surface area contributed by atoms with E-state index >= 15 is 0 Å². The predicted octanol–water partition coefficient (Wildman–Crippen LogP) is 4.92. The molecule has 1 unspecified atom stereocenters. The number of nitrogens with one attached hydrogen (secondary N) is 1. The maximum Gasteiger partial charge on any atom is 0.255 e. The second kappa shape index (κ2) is 10.8. The first-order valence-electron chi connectivity index (χ1n) is 12.6. The molecule has 1 N–H and O–H groups in total. The minimum absolute atomic E-state index is 0.0142. The Bertz CT molecular complexity index is 1470. The van der Waals surface area contributed by atoms with Crippen molar-refractivity contribution in [1.29, 1.82) is 0 Å². The van der Waals surface area contributed by atoms with E-state index in [1.807, 2.05) is 58.7 Å². The fraction of sp³-hybridized carbons (Fsp3) is 0.286. The van der Waals surface area contributed by atoms with E-state index in [2.05, 4.69) is 27.4 Å². The third-order valence-corrected chi connectivity index (χ3v) is 8.42. The molecule has 0 saturated carbocycles. The molecule has 2 aliphatic heterocycles. The van der Waals surface area contributed by atoms with Crippen LogP contribution in [0.4, 0.5) is 5.82 Å². The van der Waals surface area contributed by atoms with Gasteiger partial charge in [0.05, 0.1) is 29.7 Å². The van der Waals surface area contributed by atoms with Gasteiger partial charge in [0.25, 0.3) is 5.91 Å². The van der Waals surface area contributed by atoms with E-state index in [1.165, 1.54) is 0 Å². The minimum Gasteiger partial charge on any atom is -0.378 e. The number of thioether (sulfide) groups is 1. The number of carbonyl (C=O) groups excluding carboxylic acids is 1. The Morgan fingerprint density at radius 3 is 2.79 bits per heavy atom. The van der Waals surface area contributed by atoms with Gasteiger partial charge in [0.15, 0.2) is 0 Å². The topological polar surface area (TPSA) is 85.2 Å². The largest absolute Gasteiger partial charge is 0.378 e. The Hall–Kier alpha value is -3.40. The first-order valence-corrected chi connectivity index (χ1v) is 14.0. The van der Waals surface area contributed by atoms with Crippen molar-refractivity contribution < 1.29 is 9.53 Å². The van der Waals surface area contributed by atoms with Crippen molar-refractivity contribution in [3.63, 3.8) is 0 Å². The van der Waals surface area contributed by atoms with Gasteiger partial charge in [0, 0.05) is 67.2 Å². The number of fused-ring (bicyclic) bond motifs is 1. The second-order valence-corrected chi connectivity index (χ2v) is 10.9. The van der Waals surface area contributed by atoms with Crippen molar-refractivity contribution in [1.82, 2.24) is 24.6 Å². The van der Waals surface area contributed by atoms with Crippen molar-refractivity contribution in [3.05, 3.63) is 82.8 Å². The van der Waals surface area contributed by atoms with Gasteiger partial charge in [-0.15, -0.1) is 11.8 Å². The smallest absolute Gasteiger partial charge is 0.255 e. The summed E-state index contributed by atoms with van der Waals surface area (Å²) in [5.41, 5.74) is 6.12. The van der Waals surface area contributed by atoms with Gasteiger partial charge < -0.3 is 15.0 Å². The highest BCUT2D eigenvalue weighted by Gasteiger charge is 2.31. The van der Waals surface area contributed by atoms with Crippen molar-refractivity contribution in [2.75, 3.05) is 43.9 Å². The molecule has 10 heteroatoms. The minimum atomic E-state index is -0.0288. The molecule has 0 aliphatic carbocycles. The number of aromatic nitrogens is 4. The maximum absolute atomic E-state index is 13.0. The van der Waals surface area contributed by atoms with Gasteiger partial charge >= 0.3 is 0 Å². The van der Waals surface area contributed by atoms with Crippen molar-refractivity contribution in [2.24, 2.45) is 7.05 Å². The van der Waals surface area contributed by atoms with Crippen molar-refractivity contribution >= 4 is 35.1 Å². The van der Waals surface area contributed by atoms with E-state index in [0.29, 0.717) is 36.9 Å². The number of hydrogen-bond donors (Lipinski definition) is 1. The van der Waals surface area contributed by atoms with Crippen LogP contribution in [0, 0.1) is 0 Å². The van der Waals surface area contributed by atoms with E-state index in [-0.39, 0.29) is 11.2 Å². The molecule has 38 heavy (non-hydrogen) atoms. The molecule has 3 aromatic heterocycles. The highest BCUT2D eigenvalue weighted by atomic mass is 35.5. The SMILES string of the molecule is Cn1nc(-c2ccccn2)c2c1NCCSC2c1ccc(-c2cncc(C(=O)N3CCOCC3)c2)cc1Cl. The lowest BCUT2D eigenvalue weighted by Crippen LogP contribution is -2.40. The summed E-state index contributed by atoms with van der Waals surface area (Å²) in [6, 6.07) is 13.9. The number of carbonyl (C=O) groups is 1. The number of morpholine rings is 1. The highest BCUT2D eigenvalue weighted by molar-refractivity contribution is 7.99. The van der Waals surface area contributed by atoms with Crippen LogP contribution in [0.3, 0.4) is 0 Å². The molecule has 6 rings (SSSR count). The molecule has 0 radical (unpaired) electrons. The quantitative estimate of drug-likeness (QED) is 0.389. The number of benzene rings is 1. The third-order valence-electron chi connectivity index (χ3n) is 6.83. The van der Waals surface area contributed by atoms with Crippen LogP contribution in [-0.4, -0.2) is 69.2 Å². The number of pyridine rings is 2. The van der Waals surface area contributed by atoms with Crippen LogP contribution >= 0.6 is 23.4 Å². The number of aryl methyl sites for hydroxylation is 1. The van der Waals surface area contributed by atoms with E-state index in [4.69, 9.17) is 21.4 Å². The maximum atomic E-state index is 13.0. The summed E-state index contributed by atoms with van der Waals surface area (Å²) in [6.07, 6.45) is 5.18. The molecule has 2 aliphatic rings. The average Bonchev–Trinajstić information content (AvgIpc) is 3.14. The lowest BCUT2D eigenvalue weighted by molar-refractivity contribution is 0.0302. The molecular weight excluding hydrogens is 520 g/mol. The van der Waals surface area contributed by atoms with E-state index < -0.39 is 0 Å². The Labute approximate surface area is 230 Å². The summed E-state index contributed by atoms with van der Waals surface area (Å²) in [5, 5.41) is 9.01. The van der Waals surface area contributed by atoms with Gasteiger partial charge in [-0.05, 0) is 35.4 Å². The summed E-state index contributed by atoms with van der Waals surface area (Å²) in [7, 11) is 1.95. The molecule has 8 nitrogen and oxygen atoms in total. The summed E-state index contributed by atoms with van der Waals surface area (Å²) in [4.78, 5) is 23.7. The standard InChI is InChI=1S/C28H27ClN6O2S/c1-34-27-24(25(33-34)23-4-2-3-7-31-23)26(38-13-8-32-27)21-6-5-18(15-22(21)29)19-14-20(17-30-16-19)28(36)35-9-11-37-12-10-35/h2-7,14-17,26,32H,8-13H2,1H3. The zero-order valence-electron chi connectivity index (χ0n) is 20.9. The van der Waals surface area contributed by atoms with E-state index in [9.17, 15) is 4.79 Å². The van der Waals surface area contributed by atoms with Gasteiger partial charge in [-0.3, -0.25) is 19.4 Å². The van der Waals surface area contributed by atoms with Gasteiger partial charge in [-0.25, -0.2) is 0 Å². The average molecular weight is 547 g/mol. The molecule has 0 spiro atoms. The molecule has 1 amide bonds. The fourth-order valence-corrected chi connectivity index (χ4v) is 6.53. The normalized spacial score (nSPS) is 17.4. The molecule has 4 aromatic rings. The molecular formula is C28H27ClN6O2S. The Balaban J connectivity index is 1.35. The van der Waals surface area contributed by atoms with Crippen LogP contribution in [0.15, 0.2) is 61.1 Å². The fourth-order valence-electron chi connectivity index (χ4n) is 4.95. The zero-order chi connectivity index (χ0) is 26.1. The first kappa shape index (κ1) is 24.9. The van der Waals surface area contributed by atoms with Gasteiger partial charge in [-0.2, -0.15) is 5.10 Å².